The number of nitrogens with zero attached hydrogens (tertiary/aromatic N) is 3. The van der Waals surface area contributed by atoms with Crippen LogP contribution in [0, 0.1) is 6.92 Å². The molecule has 114 valence electrons. The van der Waals surface area contributed by atoms with Crippen LogP contribution in [0.1, 0.15) is 15.9 Å². The number of carbonyl (C=O) groups excluding carboxylic acids is 1. The number of aromatic nitrogens is 3. The average molecular weight is 328 g/mol. The van der Waals surface area contributed by atoms with E-state index in [1.165, 1.54) is 12.1 Å². The fraction of sp³-hybridized carbons (Fsp3) is 0.0588. The first-order valence-corrected chi connectivity index (χ1v) is 6.96. The molecule has 24 heavy (non-hydrogen) atoms. The predicted octanol–water partition coefficient (Wildman–Crippen LogP) is -1.04. The molecule has 2 heterocycles. The summed E-state index contributed by atoms with van der Waals surface area (Å²) in [7, 11) is 0. The van der Waals surface area contributed by atoms with E-state index in [4.69, 9.17) is 0 Å². The van der Waals surface area contributed by atoms with Crippen molar-refractivity contribution in [3.63, 3.8) is 0 Å². The Bertz CT molecular complexity index is 856. The van der Waals surface area contributed by atoms with Gasteiger partial charge in [-0.15, -0.1) is 0 Å². The Morgan fingerprint density at radius 3 is 2.71 bits per heavy atom. The van der Waals surface area contributed by atoms with E-state index in [-0.39, 0.29) is 35.1 Å². The Labute approximate surface area is 161 Å². The molecule has 0 aliphatic heterocycles. The molecule has 0 bridgehead atoms. The van der Waals surface area contributed by atoms with Crippen LogP contribution < -0.4 is 40.0 Å². The molecule has 0 atom stereocenters. The van der Waals surface area contributed by atoms with Crippen LogP contribution in [0.5, 0.6) is 0 Å². The molecule has 3 aromatic rings. The minimum absolute atomic E-state index is 0. The second kappa shape index (κ2) is 8.01. The van der Waals surface area contributed by atoms with Gasteiger partial charge in [0.05, 0.1) is 11.7 Å². The van der Waals surface area contributed by atoms with Crippen LogP contribution in [0.25, 0.3) is 11.3 Å². The number of rotatable bonds is 4. The summed E-state index contributed by atoms with van der Waals surface area (Å²) >= 11 is 0. The quantitative estimate of drug-likeness (QED) is 0.615. The van der Waals surface area contributed by atoms with Crippen molar-refractivity contribution in [2.75, 3.05) is 5.32 Å². The van der Waals surface area contributed by atoms with E-state index in [2.05, 4.69) is 20.3 Å². The predicted molar refractivity (Wildman–Crippen MR) is 84.1 cm³/mol. The molecule has 6 nitrogen and oxygen atoms in total. The van der Waals surface area contributed by atoms with Crippen molar-refractivity contribution in [3.05, 3.63) is 66.1 Å². The molecule has 7 heteroatoms. The van der Waals surface area contributed by atoms with Crippen molar-refractivity contribution >= 4 is 17.6 Å². The molecule has 0 saturated carbocycles. The van der Waals surface area contributed by atoms with Crippen molar-refractivity contribution in [2.24, 2.45) is 0 Å². The summed E-state index contributed by atoms with van der Waals surface area (Å²) in [4.78, 5) is 23.6. The third-order valence-corrected chi connectivity index (χ3v) is 3.33. The Kier molecular flexibility index (Phi) is 6.03. The minimum atomic E-state index is -1.22. The summed E-state index contributed by atoms with van der Waals surface area (Å²) in [5.41, 5.74) is 3.20. The number of hydrogen-bond acceptors (Lipinski definition) is 6. The number of anilines is 2. The number of hydrogen-bond donors (Lipinski definition) is 1. The van der Waals surface area contributed by atoms with Crippen molar-refractivity contribution in [3.8, 4) is 11.3 Å². The maximum Gasteiger partial charge on any atom is 1.00 e. The minimum Gasteiger partial charge on any atom is -0.545 e. The first kappa shape index (κ1) is 18.1. The fourth-order valence-corrected chi connectivity index (χ4v) is 2.10. The van der Waals surface area contributed by atoms with Gasteiger partial charge in [0, 0.05) is 29.8 Å². The van der Waals surface area contributed by atoms with Crippen LogP contribution in [0.4, 0.5) is 11.6 Å². The molecule has 1 N–H and O–H groups in total. The third kappa shape index (κ3) is 4.17. The number of nitrogens with one attached hydrogen (secondary N) is 1. The summed E-state index contributed by atoms with van der Waals surface area (Å²) in [6.45, 7) is 1.87. The summed E-state index contributed by atoms with van der Waals surface area (Å²) in [6, 6.07) is 10.2. The summed E-state index contributed by atoms with van der Waals surface area (Å²) in [5.74, 6) is -0.844. The van der Waals surface area contributed by atoms with Gasteiger partial charge in [-0.2, -0.15) is 0 Å². The zero-order valence-electron chi connectivity index (χ0n) is 13.4. The first-order chi connectivity index (χ1) is 11.1. The third-order valence-electron chi connectivity index (χ3n) is 3.33. The van der Waals surface area contributed by atoms with Gasteiger partial charge in [-0.25, -0.2) is 9.97 Å². The Morgan fingerprint density at radius 1 is 1.17 bits per heavy atom. The Balaban J connectivity index is 0.00000208. The molecule has 0 saturated heterocycles. The largest absolute Gasteiger partial charge is 1.00 e. The van der Waals surface area contributed by atoms with Crippen LogP contribution >= 0.6 is 0 Å². The Hall–Kier alpha value is -2.28. The van der Waals surface area contributed by atoms with Crippen LogP contribution in [-0.2, 0) is 0 Å². The fourth-order valence-electron chi connectivity index (χ4n) is 2.10. The van der Waals surface area contributed by atoms with Gasteiger partial charge in [0.25, 0.3) is 0 Å². The monoisotopic (exact) mass is 328 g/mol. The maximum absolute atomic E-state index is 11.0. The van der Waals surface area contributed by atoms with E-state index in [1.807, 2.05) is 19.1 Å². The van der Waals surface area contributed by atoms with Crippen molar-refractivity contribution in [1.29, 1.82) is 0 Å². The first-order valence-electron chi connectivity index (χ1n) is 6.96. The molecular weight excluding hydrogens is 315 g/mol. The van der Waals surface area contributed by atoms with E-state index in [0.29, 0.717) is 11.6 Å². The van der Waals surface area contributed by atoms with Gasteiger partial charge < -0.3 is 15.2 Å². The van der Waals surface area contributed by atoms with Crippen LogP contribution in [-0.4, -0.2) is 20.9 Å². The molecule has 2 aromatic heterocycles. The molecule has 0 aliphatic rings. The molecule has 0 spiro atoms. The summed E-state index contributed by atoms with van der Waals surface area (Å²) in [6.07, 6.45) is 5.04. The van der Waals surface area contributed by atoms with Gasteiger partial charge >= 0.3 is 29.6 Å². The van der Waals surface area contributed by atoms with Crippen LogP contribution in [0.15, 0.2) is 55.0 Å². The van der Waals surface area contributed by atoms with Gasteiger partial charge in [0.1, 0.15) is 0 Å². The average Bonchev–Trinajstić information content (AvgIpc) is 2.58. The SMILES string of the molecule is Cc1ccc(C(=O)[O-])cc1Nc1nccc(-c2cccnc2)n1.[Na+]. The van der Waals surface area contributed by atoms with Gasteiger partial charge in [0.2, 0.25) is 5.95 Å². The van der Waals surface area contributed by atoms with E-state index in [0.717, 1.165) is 16.8 Å². The number of carbonyl (C=O) groups is 1. The summed E-state index contributed by atoms with van der Waals surface area (Å²) in [5, 5.41) is 14.0. The molecular formula is C17H13N4NaO2. The standard InChI is InChI=1S/C17H14N4O2.Na/c1-11-4-5-12(16(22)23)9-15(11)21-17-19-8-6-14(20-17)13-3-2-7-18-10-13;/h2-10H,1H3,(H,22,23)(H,19,20,21);/q;+1/p-1. The number of carboxylic acids is 1. The molecule has 0 amide bonds. The molecule has 0 unspecified atom stereocenters. The second-order valence-corrected chi connectivity index (χ2v) is 4.95. The molecule has 0 radical (unpaired) electrons. The van der Waals surface area contributed by atoms with Crippen LogP contribution in [0.3, 0.4) is 0 Å². The molecule has 0 fully saturated rings. The summed E-state index contributed by atoms with van der Waals surface area (Å²) < 4.78 is 0. The van der Waals surface area contributed by atoms with E-state index in [9.17, 15) is 9.90 Å². The number of carboxylic acid groups (broad SMARTS) is 1. The zero-order chi connectivity index (χ0) is 16.2. The van der Waals surface area contributed by atoms with Gasteiger partial charge in [0.15, 0.2) is 0 Å². The van der Waals surface area contributed by atoms with E-state index in [1.54, 1.807) is 30.7 Å². The smallest absolute Gasteiger partial charge is 0.545 e. The van der Waals surface area contributed by atoms with E-state index < -0.39 is 5.97 Å². The van der Waals surface area contributed by atoms with Crippen molar-refractivity contribution < 1.29 is 39.5 Å². The molecule has 3 rings (SSSR count). The van der Waals surface area contributed by atoms with E-state index >= 15 is 0 Å². The number of aromatic carboxylic acids is 1. The van der Waals surface area contributed by atoms with Crippen molar-refractivity contribution in [2.45, 2.75) is 6.92 Å². The van der Waals surface area contributed by atoms with Gasteiger partial charge in [-0.05, 0) is 42.3 Å². The normalized spacial score (nSPS) is 9.88. The second-order valence-electron chi connectivity index (χ2n) is 4.95. The molecule has 0 aliphatic carbocycles. The number of aryl methyl sites for hydroxylation is 1. The zero-order valence-corrected chi connectivity index (χ0v) is 15.4. The van der Waals surface area contributed by atoms with Crippen molar-refractivity contribution in [1.82, 2.24) is 15.0 Å². The van der Waals surface area contributed by atoms with Gasteiger partial charge in [-0.3, -0.25) is 4.98 Å². The molecule has 1 aromatic carbocycles. The number of pyridine rings is 1. The Morgan fingerprint density at radius 2 is 2.00 bits per heavy atom. The number of benzene rings is 1. The topological polar surface area (TPSA) is 90.8 Å². The van der Waals surface area contributed by atoms with Gasteiger partial charge in [-0.1, -0.05) is 12.1 Å². The van der Waals surface area contributed by atoms with Crippen LogP contribution in [0.2, 0.25) is 0 Å². The maximum atomic E-state index is 11.0.